The van der Waals surface area contributed by atoms with Gasteiger partial charge < -0.3 is 19.4 Å². The molecule has 6 rings (SSSR count). The topological polar surface area (TPSA) is 88.8 Å². The number of ketones is 1. The molecule has 2 amide bonds. The van der Waals surface area contributed by atoms with Crippen LogP contribution < -0.4 is 10.1 Å². The van der Waals surface area contributed by atoms with Crippen molar-refractivity contribution in [1.29, 1.82) is 0 Å². The average Bonchev–Trinajstić information content (AvgIpc) is 3.49. The first kappa shape index (κ1) is 21.9. The van der Waals surface area contributed by atoms with Crippen molar-refractivity contribution < 1.29 is 23.5 Å². The van der Waals surface area contributed by atoms with Crippen LogP contribution in [0, 0.1) is 5.92 Å². The highest BCUT2D eigenvalue weighted by atomic mass is 16.5. The molecule has 1 saturated heterocycles. The van der Waals surface area contributed by atoms with Crippen molar-refractivity contribution in [2.24, 2.45) is 5.92 Å². The Kier molecular flexibility index (Phi) is 5.35. The van der Waals surface area contributed by atoms with Gasteiger partial charge in [0.2, 0.25) is 5.91 Å². The van der Waals surface area contributed by atoms with Crippen LogP contribution in [-0.2, 0) is 28.9 Å². The maximum absolute atomic E-state index is 13.1. The van der Waals surface area contributed by atoms with E-state index in [1.54, 1.807) is 31.4 Å². The first-order valence-electron chi connectivity index (χ1n) is 12.4. The minimum absolute atomic E-state index is 0.0439. The number of carbonyl (C=O) groups excluding carboxylic acids is 3. The molecule has 3 heterocycles. The summed E-state index contributed by atoms with van der Waals surface area (Å²) in [5.74, 6) is 0.326. The molecule has 1 fully saturated rings. The zero-order chi connectivity index (χ0) is 24.1. The van der Waals surface area contributed by atoms with Gasteiger partial charge in [0, 0.05) is 35.5 Å². The second kappa shape index (κ2) is 8.56. The monoisotopic (exact) mass is 472 g/mol. The maximum Gasteiger partial charge on any atom is 0.265 e. The van der Waals surface area contributed by atoms with Crippen LogP contribution in [0.1, 0.15) is 53.2 Å². The fourth-order valence-electron chi connectivity index (χ4n) is 5.55. The van der Waals surface area contributed by atoms with Crippen LogP contribution in [0.3, 0.4) is 0 Å². The molecule has 2 aliphatic heterocycles. The summed E-state index contributed by atoms with van der Waals surface area (Å²) in [6, 6.07) is 9.51. The van der Waals surface area contributed by atoms with Gasteiger partial charge in [-0.05, 0) is 80.5 Å². The van der Waals surface area contributed by atoms with Gasteiger partial charge in [-0.1, -0.05) is 0 Å². The summed E-state index contributed by atoms with van der Waals surface area (Å²) in [4.78, 5) is 40.0. The normalized spacial score (nSPS) is 19.7. The summed E-state index contributed by atoms with van der Waals surface area (Å²) in [6.07, 6.45) is 6.10. The van der Waals surface area contributed by atoms with Crippen molar-refractivity contribution in [3.63, 3.8) is 0 Å². The Morgan fingerprint density at radius 1 is 1.09 bits per heavy atom. The summed E-state index contributed by atoms with van der Waals surface area (Å²) in [7, 11) is 0. The molecular weight excluding hydrogens is 444 g/mol. The number of anilines is 1. The third kappa shape index (κ3) is 3.99. The lowest BCUT2D eigenvalue weighted by Crippen LogP contribution is -2.41. The van der Waals surface area contributed by atoms with Gasteiger partial charge in [0.15, 0.2) is 11.9 Å². The van der Waals surface area contributed by atoms with E-state index in [-0.39, 0.29) is 23.5 Å². The minimum Gasteiger partial charge on any atom is -0.479 e. The molecule has 180 valence electrons. The standard InChI is InChI=1S/C28H28N2O5/c1-16-28(33)29-23-12-20(5-6-24(23)35-16)27(32)17-7-9-30(10-8-17)26(31)14-21-15-34-25-13-19-4-2-3-18(19)11-22(21)25/h5-6,11-13,15-17H,2-4,7-10,14H2,1H3,(H,29,33). The molecule has 1 atom stereocenters. The quantitative estimate of drug-likeness (QED) is 0.572. The Morgan fingerprint density at radius 2 is 1.86 bits per heavy atom. The van der Waals surface area contributed by atoms with E-state index >= 15 is 0 Å². The number of piperidine rings is 1. The fraction of sp³-hybridized carbons (Fsp3) is 0.393. The number of benzene rings is 2. The molecule has 0 spiro atoms. The smallest absolute Gasteiger partial charge is 0.265 e. The molecule has 1 unspecified atom stereocenters. The fourth-order valence-corrected chi connectivity index (χ4v) is 5.55. The van der Waals surface area contributed by atoms with Gasteiger partial charge in [-0.25, -0.2) is 0 Å². The highest BCUT2D eigenvalue weighted by Crippen LogP contribution is 2.33. The van der Waals surface area contributed by atoms with E-state index in [1.165, 1.54) is 17.5 Å². The van der Waals surface area contributed by atoms with Crippen molar-refractivity contribution in [3.8, 4) is 5.75 Å². The van der Waals surface area contributed by atoms with Gasteiger partial charge in [0.25, 0.3) is 5.91 Å². The van der Waals surface area contributed by atoms with E-state index in [1.807, 2.05) is 4.90 Å². The van der Waals surface area contributed by atoms with E-state index in [4.69, 9.17) is 9.15 Å². The van der Waals surface area contributed by atoms with Crippen LogP contribution in [0.4, 0.5) is 5.69 Å². The number of furan rings is 1. The Hall–Kier alpha value is -3.61. The number of aryl methyl sites for hydroxylation is 2. The molecule has 7 nitrogen and oxygen atoms in total. The Morgan fingerprint density at radius 3 is 2.66 bits per heavy atom. The van der Waals surface area contributed by atoms with E-state index in [0.29, 0.717) is 49.4 Å². The number of hydrogen-bond donors (Lipinski definition) is 1. The molecule has 35 heavy (non-hydrogen) atoms. The summed E-state index contributed by atoms with van der Waals surface area (Å²) >= 11 is 0. The van der Waals surface area contributed by atoms with Gasteiger partial charge in [-0.2, -0.15) is 0 Å². The molecule has 7 heteroatoms. The molecule has 3 aliphatic rings. The van der Waals surface area contributed by atoms with Crippen LogP contribution in [-0.4, -0.2) is 41.7 Å². The largest absolute Gasteiger partial charge is 0.479 e. The molecule has 1 N–H and O–H groups in total. The zero-order valence-electron chi connectivity index (χ0n) is 19.8. The number of hydrogen-bond acceptors (Lipinski definition) is 5. The van der Waals surface area contributed by atoms with Gasteiger partial charge in [0.1, 0.15) is 11.3 Å². The molecule has 0 bridgehead atoms. The third-order valence-electron chi connectivity index (χ3n) is 7.62. The molecule has 3 aromatic rings. The Labute approximate surface area is 203 Å². The van der Waals surface area contributed by atoms with Crippen molar-refractivity contribution in [2.45, 2.75) is 51.6 Å². The average molecular weight is 473 g/mol. The van der Waals surface area contributed by atoms with Crippen molar-refractivity contribution in [2.75, 3.05) is 18.4 Å². The molecule has 1 aromatic heterocycles. The van der Waals surface area contributed by atoms with E-state index in [9.17, 15) is 14.4 Å². The number of fused-ring (bicyclic) bond motifs is 3. The van der Waals surface area contributed by atoms with Gasteiger partial charge >= 0.3 is 0 Å². The summed E-state index contributed by atoms with van der Waals surface area (Å²) in [6.45, 7) is 2.80. The zero-order valence-corrected chi connectivity index (χ0v) is 19.8. The van der Waals surface area contributed by atoms with Gasteiger partial charge in [0.05, 0.1) is 18.4 Å². The second-order valence-corrected chi connectivity index (χ2v) is 9.89. The van der Waals surface area contributed by atoms with E-state index in [2.05, 4.69) is 17.4 Å². The highest BCUT2D eigenvalue weighted by Gasteiger charge is 2.30. The molecule has 0 saturated carbocycles. The second-order valence-electron chi connectivity index (χ2n) is 9.89. The molecule has 2 aromatic carbocycles. The highest BCUT2D eigenvalue weighted by molar-refractivity contribution is 6.02. The van der Waals surface area contributed by atoms with Crippen molar-refractivity contribution in [1.82, 2.24) is 4.90 Å². The summed E-state index contributed by atoms with van der Waals surface area (Å²) in [5, 5.41) is 3.84. The van der Waals surface area contributed by atoms with Crippen LogP contribution in [0.2, 0.25) is 0 Å². The summed E-state index contributed by atoms with van der Waals surface area (Å²) in [5.41, 5.74) is 5.62. The number of amides is 2. The van der Waals surface area contributed by atoms with Crippen LogP contribution in [0.5, 0.6) is 5.75 Å². The van der Waals surface area contributed by atoms with Gasteiger partial charge in [-0.15, -0.1) is 0 Å². The molecule has 0 radical (unpaired) electrons. The van der Waals surface area contributed by atoms with E-state index < -0.39 is 6.10 Å². The van der Waals surface area contributed by atoms with E-state index in [0.717, 1.165) is 29.4 Å². The Bertz CT molecular complexity index is 1350. The van der Waals surface area contributed by atoms with Crippen LogP contribution >= 0.6 is 0 Å². The first-order valence-corrected chi connectivity index (χ1v) is 12.4. The number of carbonyl (C=O) groups is 3. The molecular formula is C28H28N2O5. The minimum atomic E-state index is -0.549. The predicted molar refractivity (Wildman–Crippen MR) is 131 cm³/mol. The van der Waals surface area contributed by atoms with Crippen LogP contribution in [0.25, 0.3) is 11.0 Å². The number of rotatable bonds is 4. The maximum atomic E-state index is 13.1. The summed E-state index contributed by atoms with van der Waals surface area (Å²) < 4.78 is 11.3. The lowest BCUT2D eigenvalue weighted by atomic mass is 9.88. The van der Waals surface area contributed by atoms with Crippen LogP contribution in [0.15, 0.2) is 41.0 Å². The number of nitrogens with one attached hydrogen (secondary N) is 1. The van der Waals surface area contributed by atoms with Gasteiger partial charge in [-0.3, -0.25) is 14.4 Å². The number of likely N-dealkylation sites (tertiary alicyclic amines) is 1. The van der Waals surface area contributed by atoms with Crippen molar-refractivity contribution >= 4 is 34.3 Å². The number of Topliss-reactive ketones (excluding diaryl/α,β-unsaturated/α-hetero) is 1. The lowest BCUT2D eigenvalue weighted by Gasteiger charge is -2.31. The Balaban J connectivity index is 1.09. The first-order chi connectivity index (χ1) is 17.0. The third-order valence-corrected chi connectivity index (χ3v) is 7.62. The lowest BCUT2D eigenvalue weighted by molar-refractivity contribution is -0.131. The SMILES string of the molecule is CC1Oc2ccc(C(=O)C3CCN(C(=O)Cc4coc5cc6c(cc45)CCC6)CC3)cc2NC1=O. The molecule has 1 aliphatic carbocycles. The van der Waals surface area contributed by atoms with Crippen molar-refractivity contribution in [3.05, 3.63) is 58.8 Å². The number of nitrogens with zero attached hydrogens (tertiary/aromatic N) is 1. The number of ether oxygens (including phenoxy) is 1. The predicted octanol–water partition coefficient (Wildman–Crippen LogP) is 4.30.